The first-order valence-corrected chi connectivity index (χ1v) is 6.66. The Labute approximate surface area is 113 Å². The molecule has 96 valence electrons. The third-order valence-corrected chi connectivity index (χ3v) is 3.85. The van der Waals surface area contributed by atoms with Crippen LogP contribution in [0.2, 0.25) is 0 Å². The van der Waals surface area contributed by atoms with Gasteiger partial charge < -0.3 is 5.73 Å². The van der Waals surface area contributed by atoms with Gasteiger partial charge in [-0.3, -0.25) is 0 Å². The number of nitrogens with zero attached hydrogens (tertiary/aromatic N) is 2. The zero-order valence-electron chi connectivity index (χ0n) is 10.6. The second kappa shape index (κ2) is 4.28. The van der Waals surface area contributed by atoms with Gasteiger partial charge in [0, 0.05) is 4.88 Å². The van der Waals surface area contributed by atoms with Crippen LogP contribution < -0.4 is 5.73 Å². The van der Waals surface area contributed by atoms with Crippen molar-refractivity contribution in [3.05, 3.63) is 40.5 Å². The molecule has 1 aromatic carbocycles. The zero-order valence-corrected chi connectivity index (χ0v) is 11.4. The lowest BCUT2D eigenvalue weighted by molar-refractivity contribution is 0.629. The molecule has 2 N–H and O–H groups in total. The molecular formula is C14H12FN3S. The molecule has 3 nitrogen and oxygen atoms in total. The van der Waals surface area contributed by atoms with E-state index in [0.717, 1.165) is 20.7 Å². The van der Waals surface area contributed by atoms with Gasteiger partial charge in [-0.15, -0.1) is 11.3 Å². The van der Waals surface area contributed by atoms with Gasteiger partial charge in [0.25, 0.3) is 0 Å². The van der Waals surface area contributed by atoms with Crippen LogP contribution in [-0.2, 0) is 0 Å². The SMILES string of the molecule is Cc1ccc(F)c(-c2nc(N)c3cc(C)sc3n2)c1. The molecule has 2 aromatic heterocycles. The van der Waals surface area contributed by atoms with Gasteiger partial charge in [0.2, 0.25) is 0 Å². The topological polar surface area (TPSA) is 51.8 Å². The minimum Gasteiger partial charge on any atom is -0.383 e. The molecule has 0 saturated heterocycles. The summed E-state index contributed by atoms with van der Waals surface area (Å²) in [5.74, 6) is 0.399. The number of rotatable bonds is 1. The van der Waals surface area contributed by atoms with E-state index in [1.165, 1.54) is 17.4 Å². The Balaban J connectivity index is 2.27. The molecule has 2 heterocycles. The van der Waals surface area contributed by atoms with Crippen LogP contribution in [0.5, 0.6) is 0 Å². The van der Waals surface area contributed by atoms with E-state index >= 15 is 0 Å². The Morgan fingerprint density at radius 1 is 1.16 bits per heavy atom. The van der Waals surface area contributed by atoms with Crippen LogP contribution in [0, 0.1) is 19.7 Å². The van der Waals surface area contributed by atoms with E-state index in [9.17, 15) is 4.39 Å². The fourth-order valence-corrected chi connectivity index (χ4v) is 2.88. The fourth-order valence-electron chi connectivity index (χ4n) is 1.99. The lowest BCUT2D eigenvalue weighted by Crippen LogP contribution is -1.97. The zero-order chi connectivity index (χ0) is 13.6. The number of aryl methyl sites for hydroxylation is 2. The van der Waals surface area contributed by atoms with E-state index in [1.807, 2.05) is 19.9 Å². The Morgan fingerprint density at radius 3 is 2.74 bits per heavy atom. The van der Waals surface area contributed by atoms with Gasteiger partial charge >= 0.3 is 0 Å². The van der Waals surface area contributed by atoms with Crippen molar-refractivity contribution in [3.63, 3.8) is 0 Å². The number of nitrogen functional groups attached to an aromatic ring is 1. The van der Waals surface area contributed by atoms with E-state index < -0.39 is 0 Å². The molecule has 0 bridgehead atoms. The molecule has 0 aliphatic rings. The average Bonchev–Trinajstić information content (AvgIpc) is 2.73. The van der Waals surface area contributed by atoms with Crippen molar-refractivity contribution in [1.82, 2.24) is 9.97 Å². The van der Waals surface area contributed by atoms with Gasteiger partial charge in [-0.1, -0.05) is 11.6 Å². The van der Waals surface area contributed by atoms with Crippen LogP contribution in [0.3, 0.4) is 0 Å². The van der Waals surface area contributed by atoms with E-state index in [0.29, 0.717) is 17.2 Å². The van der Waals surface area contributed by atoms with E-state index in [1.54, 1.807) is 12.1 Å². The van der Waals surface area contributed by atoms with Crippen LogP contribution >= 0.6 is 11.3 Å². The highest BCUT2D eigenvalue weighted by Gasteiger charge is 2.13. The number of fused-ring (bicyclic) bond motifs is 1. The lowest BCUT2D eigenvalue weighted by Gasteiger charge is -2.05. The molecule has 3 rings (SSSR count). The molecule has 0 aliphatic heterocycles. The molecule has 0 unspecified atom stereocenters. The van der Waals surface area contributed by atoms with Gasteiger partial charge in [0.05, 0.1) is 10.9 Å². The summed E-state index contributed by atoms with van der Waals surface area (Å²) in [4.78, 5) is 10.5. The molecule has 0 atom stereocenters. The number of aromatic nitrogens is 2. The standard InChI is InChI=1S/C14H12FN3S/c1-7-3-4-11(15)9(5-7)13-17-12(16)10-6-8(2)19-14(10)18-13/h3-6H,1-2H3,(H2,16,17,18). The third-order valence-electron chi connectivity index (χ3n) is 2.91. The normalized spacial score (nSPS) is 11.1. The van der Waals surface area contributed by atoms with E-state index in [-0.39, 0.29) is 5.82 Å². The summed E-state index contributed by atoms with van der Waals surface area (Å²) in [5, 5.41) is 0.833. The molecule has 5 heteroatoms. The van der Waals surface area contributed by atoms with Gasteiger partial charge in [-0.05, 0) is 32.0 Å². The van der Waals surface area contributed by atoms with Gasteiger partial charge in [-0.25, -0.2) is 14.4 Å². The predicted octanol–water partition coefficient (Wildman–Crippen LogP) is 3.70. The maximum Gasteiger partial charge on any atom is 0.166 e. The molecule has 0 radical (unpaired) electrons. The minimum absolute atomic E-state index is 0.336. The highest BCUT2D eigenvalue weighted by molar-refractivity contribution is 7.18. The average molecular weight is 273 g/mol. The van der Waals surface area contributed by atoms with E-state index in [2.05, 4.69) is 9.97 Å². The number of hydrogen-bond acceptors (Lipinski definition) is 4. The molecule has 0 saturated carbocycles. The number of halogens is 1. The van der Waals surface area contributed by atoms with Crippen LogP contribution in [-0.4, -0.2) is 9.97 Å². The van der Waals surface area contributed by atoms with Crippen molar-refractivity contribution < 1.29 is 4.39 Å². The predicted molar refractivity (Wildman–Crippen MR) is 76.7 cm³/mol. The van der Waals surface area contributed by atoms with Gasteiger partial charge in [0.15, 0.2) is 5.82 Å². The maximum atomic E-state index is 13.9. The smallest absolute Gasteiger partial charge is 0.166 e. The number of benzene rings is 1. The first-order chi connectivity index (χ1) is 9.04. The van der Waals surface area contributed by atoms with E-state index in [4.69, 9.17) is 5.73 Å². The summed E-state index contributed by atoms with van der Waals surface area (Å²) in [7, 11) is 0. The molecule has 3 aromatic rings. The Bertz CT molecular complexity index is 780. The first-order valence-electron chi connectivity index (χ1n) is 5.85. The van der Waals surface area contributed by atoms with Crippen molar-refractivity contribution >= 4 is 27.4 Å². The van der Waals surface area contributed by atoms with Crippen LogP contribution in [0.25, 0.3) is 21.6 Å². The summed E-state index contributed by atoms with van der Waals surface area (Å²) in [6, 6.07) is 6.83. The second-order valence-electron chi connectivity index (χ2n) is 4.49. The molecular weight excluding hydrogens is 261 g/mol. The lowest BCUT2D eigenvalue weighted by atomic mass is 10.1. The van der Waals surface area contributed by atoms with Crippen molar-refractivity contribution in [2.45, 2.75) is 13.8 Å². The summed E-state index contributed by atoms with van der Waals surface area (Å²) >= 11 is 1.53. The fraction of sp³-hybridized carbons (Fsp3) is 0.143. The second-order valence-corrected chi connectivity index (χ2v) is 5.73. The summed E-state index contributed by atoms with van der Waals surface area (Å²) in [5.41, 5.74) is 7.28. The minimum atomic E-state index is -0.336. The van der Waals surface area contributed by atoms with Crippen LogP contribution in [0.1, 0.15) is 10.4 Å². The number of hydrogen-bond donors (Lipinski definition) is 1. The molecule has 19 heavy (non-hydrogen) atoms. The van der Waals surface area contributed by atoms with Crippen molar-refractivity contribution in [2.75, 3.05) is 5.73 Å². The Morgan fingerprint density at radius 2 is 1.95 bits per heavy atom. The van der Waals surface area contributed by atoms with Gasteiger partial charge in [0.1, 0.15) is 16.5 Å². The summed E-state index contributed by atoms with van der Waals surface area (Å²) in [6.45, 7) is 3.89. The summed E-state index contributed by atoms with van der Waals surface area (Å²) < 4.78 is 13.9. The van der Waals surface area contributed by atoms with Gasteiger partial charge in [-0.2, -0.15) is 0 Å². The largest absolute Gasteiger partial charge is 0.383 e. The molecule has 0 amide bonds. The number of nitrogens with two attached hydrogens (primary N) is 1. The summed E-state index contributed by atoms with van der Waals surface area (Å²) in [6.07, 6.45) is 0. The third kappa shape index (κ3) is 2.06. The highest BCUT2D eigenvalue weighted by atomic mass is 32.1. The Kier molecular flexibility index (Phi) is 2.71. The van der Waals surface area contributed by atoms with Crippen LogP contribution in [0.4, 0.5) is 10.2 Å². The number of anilines is 1. The number of thiophene rings is 1. The maximum absolute atomic E-state index is 13.9. The van der Waals surface area contributed by atoms with Crippen molar-refractivity contribution in [1.29, 1.82) is 0 Å². The van der Waals surface area contributed by atoms with Crippen molar-refractivity contribution in [3.8, 4) is 11.4 Å². The quantitative estimate of drug-likeness (QED) is 0.735. The molecule has 0 fully saturated rings. The molecule has 0 aliphatic carbocycles. The van der Waals surface area contributed by atoms with Crippen molar-refractivity contribution in [2.24, 2.45) is 0 Å². The Hall–Kier alpha value is -2.01. The van der Waals surface area contributed by atoms with Crippen LogP contribution in [0.15, 0.2) is 24.3 Å². The molecule has 0 spiro atoms. The highest BCUT2D eigenvalue weighted by Crippen LogP contribution is 2.30. The first kappa shape index (κ1) is 12.0. The monoisotopic (exact) mass is 273 g/mol.